The van der Waals surface area contributed by atoms with Crippen LogP contribution in [0, 0.1) is 11.3 Å². The maximum atomic E-state index is 12.1. The number of carbonyl (C=O) groups is 1. The Morgan fingerprint density at radius 3 is 2.96 bits per heavy atom. The van der Waals surface area contributed by atoms with E-state index >= 15 is 0 Å². The van der Waals surface area contributed by atoms with Crippen LogP contribution in [0.1, 0.15) is 18.1 Å². The molecule has 0 aliphatic heterocycles. The largest absolute Gasteiger partial charge is 0.504 e. The number of carbonyl (C=O) groups excluding carboxylic acids is 1. The van der Waals surface area contributed by atoms with Crippen LogP contribution in [-0.2, 0) is 11.3 Å². The summed E-state index contributed by atoms with van der Waals surface area (Å²) < 4.78 is 5.29. The van der Waals surface area contributed by atoms with Gasteiger partial charge in [0.05, 0.1) is 6.61 Å². The van der Waals surface area contributed by atoms with E-state index in [1.54, 1.807) is 37.5 Å². The van der Waals surface area contributed by atoms with E-state index in [1.807, 2.05) is 12.1 Å². The minimum atomic E-state index is -0.479. The molecular weight excluding hydrogens is 306 g/mol. The molecule has 1 aromatic carbocycles. The van der Waals surface area contributed by atoms with Crippen molar-refractivity contribution in [2.24, 2.45) is 0 Å². The van der Waals surface area contributed by atoms with Crippen LogP contribution in [0.4, 0.5) is 0 Å². The number of benzene rings is 1. The van der Waals surface area contributed by atoms with Gasteiger partial charge in [0.15, 0.2) is 11.5 Å². The molecule has 6 heteroatoms. The second kappa shape index (κ2) is 8.34. The smallest absolute Gasteiger partial charge is 0.262 e. The summed E-state index contributed by atoms with van der Waals surface area (Å²) in [6.07, 6.45) is 4.73. The third-order valence-corrected chi connectivity index (χ3v) is 3.14. The lowest BCUT2D eigenvalue weighted by atomic mass is 10.1. The van der Waals surface area contributed by atoms with E-state index in [0.29, 0.717) is 17.9 Å². The van der Waals surface area contributed by atoms with Crippen LogP contribution in [0.25, 0.3) is 6.08 Å². The molecule has 2 aromatic rings. The van der Waals surface area contributed by atoms with E-state index in [0.717, 1.165) is 5.56 Å². The predicted octanol–water partition coefficient (Wildman–Crippen LogP) is 2.41. The molecule has 0 aliphatic carbocycles. The molecule has 1 amide bonds. The Labute approximate surface area is 140 Å². The molecule has 122 valence electrons. The second-order valence-electron chi connectivity index (χ2n) is 4.87. The van der Waals surface area contributed by atoms with Gasteiger partial charge in [0.1, 0.15) is 11.6 Å². The van der Waals surface area contributed by atoms with E-state index in [2.05, 4.69) is 10.3 Å². The monoisotopic (exact) mass is 323 g/mol. The Hall–Kier alpha value is -3.33. The summed E-state index contributed by atoms with van der Waals surface area (Å²) in [5, 5.41) is 21.6. The van der Waals surface area contributed by atoms with Crippen molar-refractivity contribution in [3.8, 4) is 17.6 Å². The number of aromatic nitrogens is 1. The average molecular weight is 323 g/mol. The molecule has 2 N–H and O–H groups in total. The topological polar surface area (TPSA) is 95.2 Å². The third kappa shape index (κ3) is 4.58. The average Bonchev–Trinajstić information content (AvgIpc) is 2.61. The zero-order valence-corrected chi connectivity index (χ0v) is 13.2. The number of rotatable bonds is 6. The van der Waals surface area contributed by atoms with Crippen molar-refractivity contribution in [2.75, 3.05) is 6.61 Å². The third-order valence-electron chi connectivity index (χ3n) is 3.14. The molecule has 0 atom stereocenters. The molecule has 0 spiro atoms. The van der Waals surface area contributed by atoms with Crippen molar-refractivity contribution < 1.29 is 14.6 Å². The van der Waals surface area contributed by atoms with Crippen LogP contribution in [0.5, 0.6) is 11.5 Å². The minimum absolute atomic E-state index is 0.00790. The van der Waals surface area contributed by atoms with Crippen LogP contribution < -0.4 is 10.1 Å². The maximum absolute atomic E-state index is 12.1. The Morgan fingerprint density at radius 1 is 1.46 bits per heavy atom. The highest BCUT2D eigenvalue weighted by molar-refractivity contribution is 6.01. The van der Waals surface area contributed by atoms with Gasteiger partial charge in [0.2, 0.25) is 0 Å². The fraction of sp³-hybridized carbons (Fsp3) is 0.167. The van der Waals surface area contributed by atoms with E-state index in [4.69, 9.17) is 4.74 Å². The van der Waals surface area contributed by atoms with Crippen LogP contribution in [-0.4, -0.2) is 22.6 Å². The van der Waals surface area contributed by atoms with E-state index in [1.165, 1.54) is 12.1 Å². The highest BCUT2D eigenvalue weighted by Crippen LogP contribution is 2.27. The fourth-order valence-electron chi connectivity index (χ4n) is 1.99. The summed E-state index contributed by atoms with van der Waals surface area (Å²) in [4.78, 5) is 16.1. The lowest BCUT2D eigenvalue weighted by molar-refractivity contribution is -0.117. The van der Waals surface area contributed by atoms with E-state index < -0.39 is 5.91 Å². The zero-order chi connectivity index (χ0) is 17.4. The van der Waals surface area contributed by atoms with Gasteiger partial charge >= 0.3 is 0 Å². The van der Waals surface area contributed by atoms with Crippen molar-refractivity contribution >= 4 is 12.0 Å². The molecule has 1 aromatic heterocycles. The number of amides is 1. The minimum Gasteiger partial charge on any atom is -0.504 e. The lowest BCUT2D eigenvalue weighted by Crippen LogP contribution is -2.24. The van der Waals surface area contributed by atoms with Crippen molar-refractivity contribution in [1.82, 2.24) is 10.3 Å². The van der Waals surface area contributed by atoms with Gasteiger partial charge in [-0.2, -0.15) is 5.26 Å². The van der Waals surface area contributed by atoms with Gasteiger partial charge in [-0.25, -0.2) is 0 Å². The van der Waals surface area contributed by atoms with Crippen molar-refractivity contribution in [1.29, 1.82) is 5.26 Å². The molecule has 0 unspecified atom stereocenters. The maximum Gasteiger partial charge on any atom is 0.262 e. The Morgan fingerprint density at radius 2 is 2.29 bits per heavy atom. The normalized spacial score (nSPS) is 10.8. The summed E-state index contributed by atoms with van der Waals surface area (Å²) in [7, 11) is 0. The first-order chi connectivity index (χ1) is 11.6. The SMILES string of the molecule is CCOc1cc(/C=C(\C#N)C(=O)NCc2cccnc2)ccc1O. The van der Waals surface area contributed by atoms with Crippen molar-refractivity contribution in [3.63, 3.8) is 0 Å². The van der Waals surface area contributed by atoms with Gasteiger partial charge in [0.25, 0.3) is 5.91 Å². The number of ether oxygens (including phenoxy) is 1. The number of nitrogens with zero attached hydrogens (tertiary/aromatic N) is 2. The van der Waals surface area contributed by atoms with Crippen LogP contribution in [0.3, 0.4) is 0 Å². The summed E-state index contributed by atoms with van der Waals surface area (Å²) in [6.45, 7) is 2.48. The molecule has 24 heavy (non-hydrogen) atoms. The number of phenolic OH excluding ortho intramolecular Hbond substituents is 1. The number of nitriles is 1. The summed E-state index contributed by atoms with van der Waals surface area (Å²) >= 11 is 0. The number of nitrogens with one attached hydrogen (secondary N) is 1. The predicted molar refractivity (Wildman–Crippen MR) is 88.9 cm³/mol. The molecule has 0 saturated heterocycles. The van der Waals surface area contributed by atoms with Crippen LogP contribution >= 0.6 is 0 Å². The fourth-order valence-corrected chi connectivity index (χ4v) is 1.99. The molecule has 0 bridgehead atoms. The molecule has 0 fully saturated rings. The van der Waals surface area contributed by atoms with Gasteiger partial charge in [-0.15, -0.1) is 0 Å². The first-order valence-corrected chi connectivity index (χ1v) is 7.38. The number of hydrogen-bond acceptors (Lipinski definition) is 5. The Bertz CT molecular complexity index is 780. The summed E-state index contributed by atoms with van der Waals surface area (Å²) in [5.41, 5.74) is 1.39. The highest BCUT2D eigenvalue weighted by Gasteiger charge is 2.10. The number of pyridine rings is 1. The van der Waals surface area contributed by atoms with Gasteiger partial charge in [0, 0.05) is 18.9 Å². The number of hydrogen-bond donors (Lipinski definition) is 2. The van der Waals surface area contributed by atoms with Gasteiger partial charge in [-0.3, -0.25) is 9.78 Å². The molecule has 2 rings (SSSR count). The van der Waals surface area contributed by atoms with Gasteiger partial charge < -0.3 is 15.2 Å². The first kappa shape index (κ1) is 17.0. The lowest BCUT2D eigenvalue weighted by Gasteiger charge is -2.07. The molecule has 0 saturated carbocycles. The molecule has 0 aliphatic rings. The van der Waals surface area contributed by atoms with E-state index in [-0.39, 0.29) is 17.9 Å². The zero-order valence-electron chi connectivity index (χ0n) is 13.2. The molecular formula is C18H17N3O3. The standard InChI is InChI=1S/C18H17N3O3/c1-2-24-17-9-13(5-6-16(17)22)8-15(10-19)18(23)21-12-14-4-3-7-20-11-14/h3-9,11,22H,2,12H2,1H3,(H,21,23)/b15-8+. The van der Waals surface area contributed by atoms with Crippen molar-refractivity contribution in [3.05, 3.63) is 59.4 Å². The van der Waals surface area contributed by atoms with Gasteiger partial charge in [-0.1, -0.05) is 12.1 Å². The van der Waals surface area contributed by atoms with E-state index in [9.17, 15) is 15.2 Å². The Balaban J connectivity index is 2.12. The van der Waals surface area contributed by atoms with Crippen LogP contribution in [0.2, 0.25) is 0 Å². The van der Waals surface area contributed by atoms with Crippen molar-refractivity contribution in [2.45, 2.75) is 13.5 Å². The molecule has 0 radical (unpaired) electrons. The van der Waals surface area contributed by atoms with Gasteiger partial charge in [-0.05, 0) is 42.3 Å². The quantitative estimate of drug-likeness (QED) is 0.629. The molecule has 1 heterocycles. The Kier molecular flexibility index (Phi) is 5.92. The molecule has 6 nitrogen and oxygen atoms in total. The first-order valence-electron chi connectivity index (χ1n) is 7.38. The number of phenols is 1. The van der Waals surface area contributed by atoms with Crippen LogP contribution in [0.15, 0.2) is 48.3 Å². The summed E-state index contributed by atoms with van der Waals surface area (Å²) in [5.74, 6) is -0.166. The second-order valence-corrected chi connectivity index (χ2v) is 4.87. The summed E-state index contributed by atoms with van der Waals surface area (Å²) in [6, 6.07) is 10.1. The highest BCUT2D eigenvalue weighted by atomic mass is 16.5. The number of aromatic hydroxyl groups is 1.